The van der Waals surface area contributed by atoms with Crippen LogP contribution >= 0.6 is 0 Å². The van der Waals surface area contributed by atoms with Gasteiger partial charge in [0.15, 0.2) is 0 Å². The highest BCUT2D eigenvalue weighted by atomic mass is 14.5. The highest BCUT2D eigenvalue weighted by Gasteiger charge is 2.49. The molecule has 0 heterocycles. The van der Waals surface area contributed by atoms with Crippen molar-refractivity contribution in [3.8, 4) is 0 Å². The van der Waals surface area contributed by atoms with E-state index in [1.807, 2.05) is 0 Å². The molecule has 0 amide bonds. The lowest BCUT2D eigenvalue weighted by molar-refractivity contribution is 0.258. The Hall–Kier alpha value is -1.04. The van der Waals surface area contributed by atoms with Crippen LogP contribution in [0.15, 0.2) is 48.1 Å². The lowest BCUT2D eigenvalue weighted by Gasteiger charge is -2.44. The minimum atomic E-state index is 0.406. The zero-order chi connectivity index (χ0) is 8.18. The third kappa shape index (κ3) is 0.523. The maximum atomic E-state index is 2.38. The first kappa shape index (κ1) is 6.47. The zero-order valence-electron chi connectivity index (χ0n) is 7.20. The number of allylic oxidation sites excluding steroid dienone is 8. The molecule has 0 aliphatic heterocycles. The predicted octanol–water partition coefficient (Wildman–Crippen LogP) is 2.86. The zero-order valence-corrected chi connectivity index (χ0v) is 7.20. The molecule has 3 aliphatic rings. The molecule has 0 aromatic carbocycles. The molecule has 12 heavy (non-hydrogen) atoms. The minimum absolute atomic E-state index is 0.406. The second kappa shape index (κ2) is 1.82. The molecule has 0 saturated carbocycles. The average molecular weight is 156 g/mol. The quantitative estimate of drug-likeness (QED) is 0.506. The van der Waals surface area contributed by atoms with Gasteiger partial charge in [-0.3, -0.25) is 0 Å². The average Bonchev–Trinajstić information content (AvgIpc) is 2.26. The summed E-state index contributed by atoms with van der Waals surface area (Å²) in [4.78, 5) is 0. The van der Waals surface area contributed by atoms with Crippen LogP contribution in [0.25, 0.3) is 0 Å². The fourth-order valence-electron chi connectivity index (χ4n) is 2.59. The van der Waals surface area contributed by atoms with Gasteiger partial charge in [-0.05, 0) is 5.57 Å². The van der Waals surface area contributed by atoms with Crippen LogP contribution < -0.4 is 0 Å². The molecular formula is C12H12. The topological polar surface area (TPSA) is 0 Å². The summed E-state index contributed by atoms with van der Waals surface area (Å²) in [5.74, 6) is 1.31. The maximum Gasteiger partial charge on any atom is 0.0117 e. The van der Waals surface area contributed by atoms with Crippen LogP contribution in [0.2, 0.25) is 0 Å². The van der Waals surface area contributed by atoms with Crippen LogP contribution in [0, 0.1) is 17.3 Å². The number of rotatable bonds is 0. The van der Waals surface area contributed by atoms with Crippen LogP contribution in [-0.2, 0) is 0 Å². The Morgan fingerprint density at radius 1 is 1.08 bits per heavy atom. The summed E-state index contributed by atoms with van der Waals surface area (Å²) in [5, 5.41) is 0. The van der Waals surface area contributed by atoms with E-state index in [2.05, 4.69) is 49.5 Å². The minimum Gasteiger partial charge on any atom is -0.0767 e. The van der Waals surface area contributed by atoms with E-state index >= 15 is 0 Å². The highest BCUT2D eigenvalue weighted by molar-refractivity contribution is 5.50. The van der Waals surface area contributed by atoms with Gasteiger partial charge in [0.1, 0.15) is 0 Å². The Bertz CT molecular complexity index is 341. The van der Waals surface area contributed by atoms with Gasteiger partial charge in [-0.15, -0.1) is 0 Å². The molecule has 0 aromatic rings. The van der Waals surface area contributed by atoms with Crippen molar-refractivity contribution in [2.75, 3.05) is 0 Å². The van der Waals surface area contributed by atoms with E-state index < -0.39 is 0 Å². The second-order valence-corrected chi connectivity index (χ2v) is 4.09. The standard InChI is InChI=1S/C12H12/c1-12-9-4-2-3-5-10(12)8-11(12)7-6-9/h2-10H,1H3. The van der Waals surface area contributed by atoms with E-state index in [0.29, 0.717) is 17.3 Å². The van der Waals surface area contributed by atoms with Gasteiger partial charge in [0.05, 0.1) is 0 Å². The van der Waals surface area contributed by atoms with E-state index in [-0.39, 0.29) is 0 Å². The smallest absolute Gasteiger partial charge is 0.0117 e. The monoisotopic (exact) mass is 156 g/mol. The lowest BCUT2D eigenvalue weighted by Crippen LogP contribution is -2.36. The Morgan fingerprint density at radius 2 is 1.83 bits per heavy atom. The van der Waals surface area contributed by atoms with Crippen molar-refractivity contribution in [3.63, 3.8) is 0 Å². The first-order valence-electron chi connectivity index (χ1n) is 4.57. The normalized spacial score (nSPS) is 46.6. The van der Waals surface area contributed by atoms with Gasteiger partial charge in [-0.25, -0.2) is 0 Å². The van der Waals surface area contributed by atoms with Gasteiger partial charge in [0, 0.05) is 17.3 Å². The van der Waals surface area contributed by atoms with Gasteiger partial charge in [-0.1, -0.05) is 49.5 Å². The fourth-order valence-corrected chi connectivity index (χ4v) is 2.59. The van der Waals surface area contributed by atoms with Gasteiger partial charge in [0.25, 0.3) is 0 Å². The fraction of sp³-hybridized carbons (Fsp3) is 0.333. The van der Waals surface area contributed by atoms with Gasteiger partial charge < -0.3 is 0 Å². The van der Waals surface area contributed by atoms with Crippen LogP contribution in [0.5, 0.6) is 0 Å². The Labute approximate surface area is 73.0 Å². The Balaban J connectivity index is 2.18. The maximum absolute atomic E-state index is 2.38. The van der Waals surface area contributed by atoms with E-state index in [1.165, 1.54) is 5.57 Å². The van der Waals surface area contributed by atoms with Crippen molar-refractivity contribution in [3.05, 3.63) is 48.1 Å². The van der Waals surface area contributed by atoms with Crippen molar-refractivity contribution in [2.45, 2.75) is 6.92 Å². The number of hydrogen-bond acceptors (Lipinski definition) is 0. The molecule has 0 radical (unpaired) electrons. The Morgan fingerprint density at radius 3 is 2.67 bits per heavy atom. The van der Waals surface area contributed by atoms with Gasteiger partial charge in [0.2, 0.25) is 0 Å². The SMILES string of the molecule is CC12C3=CC1C=CC=CC2C=C3. The summed E-state index contributed by atoms with van der Waals surface area (Å²) in [5.41, 5.74) is 1.94. The molecule has 0 spiro atoms. The molecule has 0 saturated heterocycles. The predicted molar refractivity (Wildman–Crippen MR) is 50.6 cm³/mol. The van der Waals surface area contributed by atoms with Gasteiger partial charge in [-0.2, -0.15) is 0 Å². The summed E-state index contributed by atoms with van der Waals surface area (Å²) >= 11 is 0. The van der Waals surface area contributed by atoms with Gasteiger partial charge >= 0.3 is 0 Å². The van der Waals surface area contributed by atoms with Crippen LogP contribution in [0.1, 0.15) is 6.92 Å². The molecule has 60 valence electrons. The first-order valence-corrected chi connectivity index (χ1v) is 4.57. The summed E-state index contributed by atoms with van der Waals surface area (Å²) in [7, 11) is 0. The Kier molecular flexibility index (Phi) is 0.982. The second-order valence-electron chi connectivity index (χ2n) is 4.09. The van der Waals surface area contributed by atoms with Crippen molar-refractivity contribution in [1.29, 1.82) is 0 Å². The summed E-state index contributed by atoms with van der Waals surface area (Å²) in [6.07, 6.45) is 16.0. The van der Waals surface area contributed by atoms with Crippen molar-refractivity contribution >= 4 is 0 Å². The highest BCUT2D eigenvalue weighted by Crippen LogP contribution is 2.57. The number of hydrogen-bond donors (Lipinski definition) is 0. The molecule has 3 rings (SSSR count). The molecule has 0 fully saturated rings. The summed E-state index contributed by atoms with van der Waals surface area (Å²) < 4.78 is 0. The van der Waals surface area contributed by atoms with E-state index in [9.17, 15) is 0 Å². The molecule has 0 aromatic heterocycles. The molecule has 3 unspecified atom stereocenters. The lowest BCUT2D eigenvalue weighted by atomic mass is 9.59. The van der Waals surface area contributed by atoms with Crippen molar-refractivity contribution in [1.82, 2.24) is 0 Å². The van der Waals surface area contributed by atoms with Crippen LogP contribution in [0.3, 0.4) is 0 Å². The molecule has 0 N–H and O–H groups in total. The molecule has 0 heteroatoms. The van der Waals surface area contributed by atoms with Crippen molar-refractivity contribution < 1.29 is 0 Å². The summed E-state index contributed by atoms with van der Waals surface area (Å²) in [6, 6.07) is 0. The molecule has 0 nitrogen and oxygen atoms in total. The van der Waals surface area contributed by atoms with Crippen LogP contribution in [0.4, 0.5) is 0 Å². The molecule has 3 atom stereocenters. The molecule has 0 bridgehead atoms. The van der Waals surface area contributed by atoms with Crippen LogP contribution in [-0.4, -0.2) is 0 Å². The van der Waals surface area contributed by atoms with E-state index in [0.717, 1.165) is 0 Å². The van der Waals surface area contributed by atoms with E-state index in [1.54, 1.807) is 0 Å². The third-order valence-corrected chi connectivity index (χ3v) is 3.60. The summed E-state index contributed by atoms with van der Waals surface area (Å²) in [6.45, 7) is 2.37. The van der Waals surface area contributed by atoms with Crippen molar-refractivity contribution in [2.24, 2.45) is 17.3 Å². The first-order chi connectivity index (χ1) is 5.82. The largest absolute Gasteiger partial charge is 0.0767 e. The molecular weight excluding hydrogens is 144 g/mol. The third-order valence-electron chi connectivity index (χ3n) is 3.60. The van der Waals surface area contributed by atoms with E-state index in [4.69, 9.17) is 0 Å². The molecule has 3 aliphatic carbocycles.